The largest absolute Gasteiger partial charge is 0.397 e. The predicted molar refractivity (Wildman–Crippen MR) is 81.4 cm³/mol. The quantitative estimate of drug-likeness (QED) is 0.817. The summed E-state index contributed by atoms with van der Waals surface area (Å²) in [5.41, 5.74) is 9.40. The van der Waals surface area contributed by atoms with Crippen LogP contribution in [-0.4, -0.2) is 19.8 Å². The number of nitrogens with two attached hydrogens (primary N) is 1. The van der Waals surface area contributed by atoms with Crippen molar-refractivity contribution in [2.45, 2.75) is 33.6 Å². The molecule has 19 heavy (non-hydrogen) atoms. The Morgan fingerprint density at radius 3 is 2.63 bits per heavy atom. The molecule has 1 aromatic carbocycles. The van der Waals surface area contributed by atoms with E-state index < -0.39 is 0 Å². The summed E-state index contributed by atoms with van der Waals surface area (Å²) >= 11 is 0. The molecule has 0 saturated carbocycles. The van der Waals surface area contributed by atoms with Crippen LogP contribution in [0.15, 0.2) is 18.2 Å². The first kappa shape index (κ1) is 14.2. The van der Waals surface area contributed by atoms with Crippen LogP contribution in [0.2, 0.25) is 0 Å². The van der Waals surface area contributed by atoms with E-state index in [9.17, 15) is 0 Å². The molecular formula is C16H26N2O. The minimum absolute atomic E-state index is 0.265. The van der Waals surface area contributed by atoms with Gasteiger partial charge in [0.2, 0.25) is 0 Å². The van der Waals surface area contributed by atoms with E-state index in [1.54, 1.807) is 0 Å². The van der Waals surface area contributed by atoms with Crippen LogP contribution in [0.4, 0.5) is 11.4 Å². The van der Waals surface area contributed by atoms with Gasteiger partial charge in [0.15, 0.2) is 0 Å². The number of aryl methyl sites for hydroxylation is 1. The van der Waals surface area contributed by atoms with Gasteiger partial charge in [0.1, 0.15) is 0 Å². The molecule has 0 bridgehead atoms. The molecule has 1 saturated heterocycles. The molecule has 0 aliphatic carbocycles. The zero-order valence-electron chi connectivity index (χ0n) is 12.3. The molecule has 1 aromatic rings. The van der Waals surface area contributed by atoms with Crippen molar-refractivity contribution < 1.29 is 4.74 Å². The Bertz CT molecular complexity index is 423. The second-order valence-electron chi connectivity index (χ2n) is 6.32. The fraction of sp³-hybridized carbons (Fsp3) is 0.625. The van der Waals surface area contributed by atoms with Gasteiger partial charge >= 0.3 is 0 Å². The number of nitrogens with one attached hydrogen (secondary N) is 1. The van der Waals surface area contributed by atoms with Gasteiger partial charge in [-0.1, -0.05) is 19.9 Å². The van der Waals surface area contributed by atoms with Crippen molar-refractivity contribution in [2.24, 2.45) is 11.3 Å². The molecule has 3 N–H and O–H groups in total. The summed E-state index contributed by atoms with van der Waals surface area (Å²) in [6.45, 7) is 9.49. The van der Waals surface area contributed by atoms with Gasteiger partial charge in [0.05, 0.1) is 11.4 Å². The molecule has 0 unspecified atom stereocenters. The first-order valence-corrected chi connectivity index (χ1v) is 7.17. The van der Waals surface area contributed by atoms with Crippen LogP contribution in [0, 0.1) is 18.3 Å². The van der Waals surface area contributed by atoms with Crippen LogP contribution < -0.4 is 11.1 Å². The lowest BCUT2D eigenvalue weighted by atomic mass is 9.74. The highest BCUT2D eigenvalue weighted by Gasteiger charge is 2.30. The molecule has 1 heterocycles. The lowest BCUT2D eigenvalue weighted by Crippen LogP contribution is -2.35. The third-order valence-corrected chi connectivity index (χ3v) is 4.27. The van der Waals surface area contributed by atoms with Crippen LogP contribution in [0.25, 0.3) is 0 Å². The van der Waals surface area contributed by atoms with E-state index in [2.05, 4.69) is 38.2 Å². The van der Waals surface area contributed by atoms with Gasteiger partial charge in [0.25, 0.3) is 0 Å². The van der Waals surface area contributed by atoms with Crippen molar-refractivity contribution in [3.63, 3.8) is 0 Å². The molecule has 0 spiro atoms. The zero-order valence-corrected chi connectivity index (χ0v) is 12.3. The van der Waals surface area contributed by atoms with Gasteiger partial charge in [-0.3, -0.25) is 0 Å². The summed E-state index contributed by atoms with van der Waals surface area (Å²) < 4.78 is 5.45. The lowest BCUT2D eigenvalue weighted by molar-refractivity contribution is 0.0269. The van der Waals surface area contributed by atoms with Gasteiger partial charge in [-0.15, -0.1) is 0 Å². The number of ether oxygens (including phenoxy) is 1. The number of nitrogen functional groups attached to an aromatic ring is 1. The Balaban J connectivity index is 1.96. The van der Waals surface area contributed by atoms with E-state index in [0.717, 1.165) is 49.9 Å². The molecule has 1 aliphatic rings. The van der Waals surface area contributed by atoms with Crippen LogP contribution in [0.5, 0.6) is 0 Å². The topological polar surface area (TPSA) is 47.3 Å². The molecular weight excluding hydrogens is 236 g/mol. The van der Waals surface area contributed by atoms with Gasteiger partial charge < -0.3 is 15.8 Å². The first-order valence-electron chi connectivity index (χ1n) is 7.17. The molecule has 0 aromatic heterocycles. The van der Waals surface area contributed by atoms with Crippen LogP contribution >= 0.6 is 0 Å². The fourth-order valence-electron chi connectivity index (χ4n) is 2.79. The van der Waals surface area contributed by atoms with Crippen molar-refractivity contribution >= 4 is 11.4 Å². The van der Waals surface area contributed by atoms with Crippen molar-refractivity contribution in [1.82, 2.24) is 0 Å². The maximum atomic E-state index is 6.05. The number of anilines is 2. The first-order chi connectivity index (χ1) is 8.99. The third kappa shape index (κ3) is 3.63. The molecule has 0 amide bonds. The van der Waals surface area contributed by atoms with E-state index in [1.807, 2.05) is 6.07 Å². The monoisotopic (exact) mass is 262 g/mol. The number of hydrogen-bond donors (Lipinski definition) is 2. The van der Waals surface area contributed by atoms with E-state index in [0.29, 0.717) is 0 Å². The Morgan fingerprint density at radius 2 is 2.00 bits per heavy atom. The summed E-state index contributed by atoms with van der Waals surface area (Å²) in [4.78, 5) is 0. The van der Waals surface area contributed by atoms with E-state index in [1.165, 1.54) is 5.56 Å². The summed E-state index contributed by atoms with van der Waals surface area (Å²) in [5, 5.41) is 3.51. The van der Waals surface area contributed by atoms with Crippen molar-refractivity contribution in [3.05, 3.63) is 23.8 Å². The standard InChI is InChI=1S/C16H26N2O/c1-12-4-5-15(14(17)10-12)18-11-16(2,3)13-6-8-19-9-7-13/h4-5,10,13,18H,6-9,11,17H2,1-3H3. The Kier molecular flexibility index (Phi) is 4.35. The Hall–Kier alpha value is -1.22. The van der Waals surface area contributed by atoms with Gasteiger partial charge in [-0.05, 0) is 48.8 Å². The summed E-state index contributed by atoms with van der Waals surface area (Å²) in [6.07, 6.45) is 2.33. The Labute approximate surface area is 116 Å². The average Bonchev–Trinajstić information content (AvgIpc) is 2.39. The van der Waals surface area contributed by atoms with E-state index in [-0.39, 0.29) is 5.41 Å². The highest BCUT2D eigenvalue weighted by Crippen LogP contribution is 2.35. The van der Waals surface area contributed by atoms with Gasteiger partial charge in [-0.2, -0.15) is 0 Å². The minimum Gasteiger partial charge on any atom is -0.397 e. The van der Waals surface area contributed by atoms with Crippen LogP contribution in [0.1, 0.15) is 32.3 Å². The maximum Gasteiger partial charge on any atom is 0.0574 e. The molecule has 0 atom stereocenters. The van der Waals surface area contributed by atoms with Crippen molar-refractivity contribution in [1.29, 1.82) is 0 Å². The van der Waals surface area contributed by atoms with E-state index >= 15 is 0 Å². The number of benzene rings is 1. The highest BCUT2D eigenvalue weighted by atomic mass is 16.5. The molecule has 1 aliphatic heterocycles. The fourth-order valence-corrected chi connectivity index (χ4v) is 2.79. The van der Waals surface area contributed by atoms with Crippen molar-refractivity contribution in [2.75, 3.05) is 30.8 Å². The lowest BCUT2D eigenvalue weighted by Gasteiger charge is -2.37. The Morgan fingerprint density at radius 1 is 1.32 bits per heavy atom. The number of hydrogen-bond acceptors (Lipinski definition) is 3. The second kappa shape index (κ2) is 5.83. The molecule has 2 rings (SSSR count). The van der Waals surface area contributed by atoms with E-state index in [4.69, 9.17) is 10.5 Å². The molecule has 106 valence electrons. The summed E-state index contributed by atoms with van der Waals surface area (Å²) in [6, 6.07) is 6.19. The third-order valence-electron chi connectivity index (χ3n) is 4.27. The minimum atomic E-state index is 0.265. The average molecular weight is 262 g/mol. The SMILES string of the molecule is Cc1ccc(NCC(C)(C)C2CCOCC2)c(N)c1. The molecule has 1 fully saturated rings. The summed E-state index contributed by atoms with van der Waals surface area (Å²) in [5.74, 6) is 0.723. The highest BCUT2D eigenvalue weighted by molar-refractivity contribution is 5.66. The van der Waals surface area contributed by atoms with Crippen LogP contribution in [-0.2, 0) is 4.74 Å². The predicted octanol–water partition coefficient (Wildman–Crippen LogP) is 3.44. The van der Waals surface area contributed by atoms with Gasteiger partial charge in [-0.25, -0.2) is 0 Å². The number of rotatable bonds is 4. The summed E-state index contributed by atoms with van der Waals surface area (Å²) in [7, 11) is 0. The second-order valence-corrected chi connectivity index (χ2v) is 6.32. The van der Waals surface area contributed by atoms with Gasteiger partial charge in [0, 0.05) is 19.8 Å². The molecule has 0 radical (unpaired) electrons. The zero-order chi connectivity index (χ0) is 13.9. The molecule has 3 nitrogen and oxygen atoms in total. The normalized spacial score (nSPS) is 17.4. The van der Waals surface area contributed by atoms with Crippen molar-refractivity contribution in [3.8, 4) is 0 Å². The maximum absolute atomic E-state index is 6.05. The van der Waals surface area contributed by atoms with Crippen LogP contribution in [0.3, 0.4) is 0 Å². The smallest absolute Gasteiger partial charge is 0.0574 e. The molecule has 3 heteroatoms.